The Kier molecular flexibility index (Phi) is 2.76. The molecule has 0 N–H and O–H groups in total. The molecule has 1 nitrogen and oxygen atoms in total. The number of thioether (sulfide) groups is 1. The first kappa shape index (κ1) is 8.40. The molecule has 0 saturated carbocycles. The number of benzene rings is 1. The first-order valence-electron chi connectivity index (χ1n) is 3.15. The van der Waals surface area contributed by atoms with Crippen molar-refractivity contribution in [1.82, 2.24) is 0 Å². The Bertz CT molecular complexity index is 250. The lowest BCUT2D eigenvalue weighted by molar-refractivity contribution is 0.401. The molecule has 0 unspecified atom stereocenters. The van der Waals surface area contributed by atoms with Crippen molar-refractivity contribution in [2.75, 3.05) is 13.4 Å². The Hall–Kier alpha value is -0.700. The summed E-state index contributed by atoms with van der Waals surface area (Å²) < 4.78 is 17.5. The summed E-state index contributed by atoms with van der Waals surface area (Å²) in [6, 6.07) is 4.51. The summed E-state index contributed by atoms with van der Waals surface area (Å²) in [5.41, 5.74) is 0. The highest BCUT2D eigenvalue weighted by Crippen LogP contribution is 2.27. The van der Waals surface area contributed by atoms with Crippen molar-refractivity contribution in [3.8, 4) is 5.75 Å². The van der Waals surface area contributed by atoms with E-state index < -0.39 is 0 Å². The molecule has 0 saturated heterocycles. The van der Waals surface area contributed by atoms with E-state index in [0.717, 1.165) is 4.90 Å². The average Bonchev–Trinajstić information content (AvgIpc) is 2.04. The van der Waals surface area contributed by atoms with E-state index >= 15 is 0 Å². The van der Waals surface area contributed by atoms with Gasteiger partial charge >= 0.3 is 0 Å². The fourth-order valence-electron chi connectivity index (χ4n) is 0.810. The van der Waals surface area contributed by atoms with Gasteiger partial charge in [0, 0.05) is 11.0 Å². The van der Waals surface area contributed by atoms with Crippen molar-refractivity contribution in [2.24, 2.45) is 0 Å². The van der Waals surface area contributed by atoms with E-state index in [0.29, 0.717) is 5.75 Å². The Labute approximate surface area is 69.6 Å². The summed E-state index contributed by atoms with van der Waals surface area (Å²) in [4.78, 5) is 0.953. The number of hydrogen-bond acceptors (Lipinski definition) is 2. The Morgan fingerprint density at radius 1 is 1.45 bits per heavy atom. The van der Waals surface area contributed by atoms with Gasteiger partial charge in [-0.2, -0.15) is 0 Å². The number of hydrogen-bond donors (Lipinski definition) is 0. The molecule has 0 bridgehead atoms. The fourth-order valence-corrected chi connectivity index (χ4v) is 1.36. The Balaban J connectivity index is 3.06. The quantitative estimate of drug-likeness (QED) is 0.634. The van der Waals surface area contributed by atoms with Crippen LogP contribution in [0.2, 0.25) is 0 Å². The summed E-state index contributed by atoms with van der Waals surface area (Å²) in [5.74, 6) is 0.331. The highest BCUT2D eigenvalue weighted by molar-refractivity contribution is 7.98. The largest absolute Gasteiger partial charge is 0.495 e. The molecular formula is C8H9FOS. The monoisotopic (exact) mass is 172 g/mol. The minimum absolute atomic E-state index is 0.264. The molecule has 0 spiro atoms. The van der Waals surface area contributed by atoms with E-state index in [2.05, 4.69) is 0 Å². The lowest BCUT2D eigenvalue weighted by Gasteiger charge is -2.04. The first-order chi connectivity index (χ1) is 5.27. The smallest absolute Gasteiger partial charge is 0.135 e. The Morgan fingerprint density at radius 2 is 2.18 bits per heavy atom. The van der Waals surface area contributed by atoms with Gasteiger partial charge in [0.05, 0.1) is 7.11 Å². The summed E-state index contributed by atoms with van der Waals surface area (Å²) in [6.45, 7) is 0. The minimum Gasteiger partial charge on any atom is -0.495 e. The van der Waals surface area contributed by atoms with Gasteiger partial charge in [0.2, 0.25) is 0 Å². The second-order valence-corrected chi connectivity index (χ2v) is 2.85. The molecule has 0 aromatic heterocycles. The number of ether oxygens (including phenoxy) is 1. The second-order valence-electron chi connectivity index (χ2n) is 2.00. The van der Waals surface area contributed by atoms with Crippen molar-refractivity contribution in [3.05, 3.63) is 24.0 Å². The lowest BCUT2D eigenvalue weighted by Crippen LogP contribution is -1.86. The van der Waals surface area contributed by atoms with Crippen LogP contribution in [-0.2, 0) is 0 Å². The van der Waals surface area contributed by atoms with E-state index in [1.807, 2.05) is 6.26 Å². The predicted molar refractivity (Wildman–Crippen MR) is 44.7 cm³/mol. The highest BCUT2D eigenvalue weighted by Gasteiger charge is 2.01. The van der Waals surface area contributed by atoms with Gasteiger partial charge in [-0.15, -0.1) is 11.8 Å². The van der Waals surface area contributed by atoms with Gasteiger partial charge in [-0.1, -0.05) is 0 Å². The normalized spacial score (nSPS) is 9.73. The van der Waals surface area contributed by atoms with Crippen molar-refractivity contribution in [3.63, 3.8) is 0 Å². The summed E-state index contributed by atoms with van der Waals surface area (Å²) >= 11 is 1.54. The molecule has 11 heavy (non-hydrogen) atoms. The zero-order chi connectivity index (χ0) is 8.27. The van der Waals surface area contributed by atoms with Gasteiger partial charge < -0.3 is 4.74 Å². The molecule has 60 valence electrons. The number of rotatable bonds is 2. The van der Waals surface area contributed by atoms with Crippen LogP contribution in [0.5, 0.6) is 5.75 Å². The average molecular weight is 172 g/mol. The first-order valence-corrected chi connectivity index (χ1v) is 4.38. The van der Waals surface area contributed by atoms with Crippen LogP contribution in [-0.4, -0.2) is 13.4 Å². The maximum absolute atomic E-state index is 12.6. The molecule has 3 heteroatoms. The van der Waals surface area contributed by atoms with Gasteiger partial charge in [-0.25, -0.2) is 4.39 Å². The number of halogens is 1. The Morgan fingerprint density at radius 3 is 2.73 bits per heavy atom. The molecule has 0 heterocycles. The van der Waals surface area contributed by atoms with Crippen molar-refractivity contribution in [2.45, 2.75) is 4.90 Å². The molecule has 0 aliphatic heterocycles. The van der Waals surface area contributed by atoms with Crippen LogP contribution in [0.15, 0.2) is 23.1 Å². The van der Waals surface area contributed by atoms with Gasteiger partial charge in [0.25, 0.3) is 0 Å². The highest BCUT2D eigenvalue weighted by atomic mass is 32.2. The van der Waals surface area contributed by atoms with E-state index in [-0.39, 0.29) is 5.82 Å². The van der Waals surface area contributed by atoms with E-state index in [9.17, 15) is 4.39 Å². The van der Waals surface area contributed by atoms with Gasteiger partial charge in [0.1, 0.15) is 11.6 Å². The van der Waals surface area contributed by atoms with Crippen LogP contribution in [0.25, 0.3) is 0 Å². The van der Waals surface area contributed by atoms with Crippen LogP contribution < -0.4 is 4.74 Å². The van der Waals surface area contributed by atoms with Crippen molar-refractivity contribution in [1.29, 1.82) is 0 Å². The molecule has 1 rings (SSSR count). The maximum Gasteiger partial charge on any atom is 0.135 e. The summed E-state index contributed by atoms with van der Waals surface area (Å²) in [5, 5.41) is 0. The fraction of sp³-hybridized carbons (Fsp3) is 0.250. The van der Waals surface area contributed by atoms with E-state index in [1.54, 1.807) is 6.07 Å². The summed E-state index contributed by atoms with van der Waals surface area (Å²) in [6.07, 6.45) is 1.93. The second kappa shape index (κ2) is 3.62. The van der Waals surface area contributed by atoms with Crippen LogP contribution in [0.4, 0.5) is 4.39 Å². The molecule has 0 atom stereocenters. The topological polar surface area (TPSA) is 9.23 Å². The molecule has 0 fully saturated rings. The number of methoxy groups -OCH3 is 1. The van der Waals surface area contributed by atoms with Crippen LogP contribution >= 0.6 is 11.8 Å². The van der Waals surface area contributed by atoms with E-state index in [4.69, 9.17) is 4.74 Å². The standard InChI is InChI=1S/C8H9FOS/c1-10-7-5-6(9)3-4-8(7)11-2/h3-5H,1-2H3. The molecule has 0 radical (unpaired) electrons. The van der Waals surface area contributed by atoms with Crippen LogP contribution in [0.1, 0.15) is 0 Å². The zero-order valence-corrected chi connectivity index (χ0v) is 7.24. The molecule has 0 aliphatic carbocycles. The third-order valence-corrected chi connectivity index (χ3v) is 2.12. The molecular weight excluding hydrogens is 163 g/mol. The predicted octanol–water partition coefficient (Wildman–Crippen LogP) is 2.56. The molecule has 1 aromatic rings. The minimum atomic E-state index is -0.264. The third kappa shape index (κ3) is 1.87. The zero-order valence-electron chi connectivity index (χ0n) is 6.43. The lowest BCUT2D eigenvalue weighted by atomic mass is 10.3. The molecule has 1 aromatic carbocycles. The molecule has 0 amide bonds. The maximum atomic E-state index is 12.6. The van der Waals surface area contributed by atoms with Gasteiger partial charge in [0.15, 0.2) is 0 Å². The summed E-state index contributed by atoms with van der Waals surface area (Å²) in [7, 11) is 1.54. The van der Waals surface area contributed by atoms with Crippen LogP contribution in [0, 0.1) is 5.82 Å². The van der Waals surface area contributed by atoms with Crippen LogP contribution in [0.3, 0.4) is 0 Å². The van der Waals surface area contributed by atoms with Crippen molar-refractivity contribution >= 4 is 11.8 Å². The van der Waals surface area contributed by atoms with E-state index in [1.165, 1.54) is 31.0 Å². The SMILES string of the molecule is COc1cc(F)ccc1SC. The van der Waals surface area contributed by atoms with Gasteiger partial charge in [-0.3, -0.25) is 0 Å². The van der Waals surface area contributed by atoms with Crippen molar-refractivity contribution < 1.29 is 9.13 Å². The molecule has 0 aliphatic rings. The van der Waals surface area contributed by atoms with Gasteiger partial charge in [-0.05, 0) is 18.4 Å². The third-order valence-electron chi connectivity index (χ3n) is 1.35.